The molecule has 6 heteroatoms. The predicted octanol–water partition coefficient (Wildman–Crippen LogP) is 1.99. The monoisotopic (exact) mass is 353 g/mol. The number of halogens is 1. The molecule has 0 spiro atoms. The molecular formula is C18H28ClN3O2. The molecule has 0 saturated carbocycles. The fraction of sp³-hybridized carbons (Fsp3) is 0.556. The Morgan fingerprint density at radius 1 is 1.21 bits per heavy atom. The lowest BCUT2D eigenvalue weighted by Crippen LogP contribution is -2.48. The van der Waals surface area contributed by atoms with Crippen LogP contribution in [0, 0.1) is 12.8 Å². The van der Waals surface area contributed by atoms with Crippen LogP contribution in [0.15, 0.2) is 24.3 Å². The van der Waals surface area contributed by atoms with Gasteiger partial charge in [-0.05, 0) is 38.9 Å². The summed E-state index contributed by atoms with van der Waals surface area (Å²) in [6.07, 6.45) is 1.63. The van der Waals surface area contributed by atoms with Crippen LogP contribution in [0.3, 0.4) is 0 Å². The average molecular weight is 354 g/mol. The lowest BCUT2D eigenvalue weighted by molar-refractivity contribution is -0.125. The number of nitrogens with zero attached hydrogens (tertiary/aromatic N) is 1. The van der Waals surface area contributed by atoms with Gasteiger partial charge in [0, 0.05) is 37.2 Å². The number of carbonyl (C=O) groups is 2. The second-order valence-electron chi connectivity index (χ2n) is 6.40. The van der Waals surface area contributed by atoms with Crippen molar-refractivity contribution in [1.82, 2.24) is 15.5 Å². The van der Waals surface area contributed by atoms with Crippen LogP contribution >= 0.6 is 12.4 Å². The summed E-state index contributed by atoms with van der Waals surface area (Å²) in [7, 11) is 1.85. The van der Waals surface area contributed by atoms with Crippen LogP contribution in [0.4, 0.5) is 0 Å². The lowest BCUT2D eigenvalue weighted by Gasteiger charge is -2.33. The molecule has 0 radical (unpaired) electrons. The molecule has 1 atom stereocenters. The number of piperidine rings is 1. The molecule has 1 heterocycles. The van der Waals surface area contributed by atoms with Gasteiger partial charge in [0.1, 0.15) is 0 Å². The summed E-state index contributed by atoms with van der Waals surface area (Å²) in [6, 6.07) is 7.85. The van der Waals surface area contributed by atoms with Crippen LogP contribution in [0.1, 0.15) is 35.7 Å². The van der Waals surface area contributed by atoms with Crippen molar-refractivity contribution in [3.8, 4) is 0 Å². The fourth-order valence-corrected chi connectivity index (χ4v) is 2.85. The molecule has 1 unspecified atom stereocenters. The van der Waals surface area contributed by atoms with E-state index in [0.29, 0.717) is 19.6 Å². The van der Waals surface area contributed by atoms with Gasteiger partial charge < -0.3 is 15.5 Å². The molecule has 1 aromatic rings. The van der Waals surface area contributed by atoms with Gasteiger partial charge in [0.25, 0.3) is 5.91 Å². The molecule has 1 aromatic carbocycles. The first kappa shape index (κ1) is 20.5. The van der Waals surface area contributed by atoms with E-state index in [0.717, 1.165) is 24.0 Å². The number of carbonyl (C=O) groups excluding carboxylic acids is 2. The van der Waals surface area contributed by atoms with Gasteiger partial charge in [-0.15, -0.1) is 12.4 Å². The second-order valence-corrected chi connectivity index (χ2v) is 6.40. The van der Waals surface area contributed by atoms with Crippen LogP contribution in [0.25, 0.3) is 0 Å². The van der Waals surface area contributed by atoms with Gasteiger partial charge in [0.05, 0.1) is 0 Å². The van der Waals surface area contributed by atoms with Crippen molar-refractivity contribution in [2.24, 2.45) is 5.92 Å². The molecule has 1 aliphatic rings. The Kier molecular flexibility index (Phi) is 8.22. The van der Waals surface area contributed by atoms with Crippen LogP contribution in [-0.2, 0) is 4.79 Å². The van der Waals surface area contributed by atoms with E-state index in [-0.39, 0.29) is 36.2 Å². The number of hydrogen-bond donors (Lipinski definition) is 2. The number of rotatable bonds is 5. The van der Waals surface area contributed by atoms with E-state index in [4.69, 9.17) is 0 Å². The highest BCUT2D eigenvalue weighted by atomic mass is 35.5. The summed E-state index contributed by atoms with van der Waals surface area (Å²) in [5.41, 5.74) is 1.89. The van der Waals surface area contributed by atoms with Crippen LogP contribution < -0.4 is 10.6 Å². The van der Waals surface area contributed by atoms with E-state index in [1.165, 1.54) is 0 Å². The Morgan fingerprint density at radius 3 is 2.33 bits per heavy atom. The molecule has 0 bridgehead atoms. The Balaban J connectivity index is 0.00000288. The Labute approximate surface area is 150 Å². The van der Waals surface area contributed by atoms with E-state index in [1.54, 1.807) is 0 Å². The Bertz CT molecular complexity index is 540. The van der Waals surface area contributed by atoms with Crippen LogP contribution in [-0.4, -0.2) is 49.4 Å². The SMILES string of the molecule is CNCC(C)C(=O)NC1CCN(C(=O)c2ccc(C)cc2)CC1.Cl. The number of aryl methyl sites for hydroxylation is 1. The van der Waals surface area contributed by atoms with Crippen molar-refractivity contribution in [1.29, 1.82) is 0 Å². The quantitative estimate of drug-likeness (QED) is 0.851. The van der Waals surface area contributed by atoms with Gasteiger partial charge >= 0.3 is 0 Å². The number of benzene rings is 1. The molecule has 2 amide bonds. The van der Waals surface area contributed by atoms with Crippen molar-refractivity contribution in [3.05, 3.63) is 35.4 Å². The smallest absolute Gasteiger partial charge is 0.253 e. The van der Waals surface area contributed by atoms with E-state index < -0.39 is 0 Å². The third-order valence-electron chi connectivity index (χ3n) is 4.38. The minimum atomic E-state index is -0.0350. The summed E-state index contributed by atoms with van der Waals surface area (Å²) < 4.78 is 0. The van der Waals surface area contributed by atoms with E-state index in [2.05, 4.69) is 10.6 Å². The van der Waals surface area contributed by atoms with Crippen LogP contribution in [0.2, 0.25) is 0 Å². The van der Waals surface area contributed by atoms with Gasteiger partial charge in [-0.25, -0.2) is 0 Å². The molecule has 1 aliphatic heterocycles. The zero-order chi connectivity index (χ0) is 16.8. The molecule has 24 heavy (non-hydrogen) atoms. The van der Waals surface area contributed by atoms with Gasteiger partial charge in [-0.1, -0.05) is 24.6 Å². The topological polar surface area (TPSA) is 61.4 Å². The molecule has 0 aromatic heterocycles. The predicted molar refractivity (Wildman–Crippen MR) is 98.6 cm³/mol. The van der Waals surface area contributed by atoms with E-state index >= 15 is 0 Å². The lowest BCUT2D eigenvalue weighted by atomic mass is 10.0. The number of likely N-dealkylation sites (tertiary alicyclic amines) is 1. The summed E-state index contributed by atoms with van der Waals surface area (Å²) in [6.45, 7) is 5.99. The minimum absolute atomic E-state index is 0. The maximum atomic E-state index is 12.5. The molecule has 2 rings (SSSR count). The molecule has 2 N–H and O–H groups in total. The first-order chi connectivity index (χ1) is 11.0. The summed E-state index contributed by atoms with van der Waals surface area (Å²) in [5.74, 6) is 0.133. The van der Waals surface area contributed by atoms with Crippen molar-refractivity contribution >= 4 is 24.2 Å². The highest BCUT2D eigenvalue weighted by molar-refractivity contribution is 5.94. The van der Waals surface area contributed by atoms with Crippen molar-refractivity contribution in [2.75, 3.05) is 26.7 Å². The number of amides is 2. The summed E-state index contributed by atoms with van der Waals surface area (Å²) >= 11 is 0. The van der Waals surface area contributed by atoms with Gasteiger partial charge in [0.15, 0.2) is 0 Å². The van der Waals surface area contributed by atoms with E-state index in [1.807, 2.05) is 50.1 Å². The first-order valence-corrected chi connectivity index (χ1v) is 8.32. The van der Waals surface area contributed by atoms with Crippen molar-refractivity contribution < 1.29 is 9.59 Å². The molecule has 1 fully saturated rings. The number of nitrogens with one attached hydrogen (secondary N) is 2. The zero-order valence-corrected chi connectivity index (χ0v) is 15.5. The molecule has 1 saturated heterocycles. The van der Waals surface area contributed by atoms with Gasteiger partial charge in [0.2, 0.25) is 5.91 Å². The highest BCUT2D eigenvalue weighted by Crippen LogP contribution is 2.15. The standard InChI is InChI=1S/C18H27N3O2.ClH/c1-13-4-6-15(7-5-13)18(23)21-10-8-16(9-11-21)20-17(22)14(2)12-19-3;/h4-7,14,16,19H,8-12H2,1-3H3,(H,20,22);1H. The molecular weight excluding hydrogens is 326 g/mol. The highest BCUT2D eigenvalue weighted by Gasteiger charge is 2.25. The molecule has 0 aliphatic carbocycles. The maximum absolute atomic E-state index is 12.5. The van der Waals surface area contributed by atoms with Gasteiger partial charge in [-0.2, -0.15) is 0 Å². The van der Waals surface area contributed by atoms with Crippen molar-refractivity contribution in [3.63, 3.8) is 0 Å². The normalized spacial score (nSPS) is 16.2. The van der Waals surface area contributed by atoms with Crippen molar-refractivity contribution in [2.45, 2.75) is 32.7 Å². The number of hydrogen-bond acceptors (Lipinski definition) is 3. The largest absolute Gasteiger partial charge is 0.353 e. The summed E-state index contributed by atoms with van der Waals surface area (Å²) in [5, 5.41) is 6.11. The van der Waals surface area contributed by atoms with Gasteiger partial charge in [-0.3, -0.25) is 9.59 Å². The first-order valence-electron chi connectivity index (χ1n) is 8.32. The average Bonchev–Trinajstić information content (AvgIpc) is 2.56. The Hall–Kier alpha value is -1.59. The zero-order valence-electron chi connectivity index (χ0n) is 14.7. The van der Waals surface area contributed by atoms with Crippen LogP contribution in [0.5, 0.6) is 0 Å². The third kappa shape index (κ3) is 5.49. The van der Waals surface area contributed by atoms with E-state index in [9.17, 15) is 9.59 Å². The second kappa shape index (κ2) is 9.64. The summed E-state index contributed by atoms with van der Waals surface area (Å²) in [4.78, 5) is 26.4. The molecule has 134 valence electrons. The third-order valence-corrected chi connectivity index (χ3v) is 4.38. The fourth-order valence-electron chi connectivity index (χ4n) is 2.85. The minimum Gasteiger partial charge on any atom is -0.353 e. The Morgan fingerprint density at radius 2 is 1.79 bits per heavy atom. The molecule has 5 nitrogen and oxygen atoms in total. The maximum Gasteiger partial charge on any atom is 0.253 e.